The van der Waals surface area contributed by atoms with Crippen LogP contribution in [0.5, 0.6) is 0 Å². The predicted molar refractivity (Wildman–Crippen MR) is 26.8 cm³/mol. The number of hydrogen-bond acceptors (Lipinski definition) is 1. The number of hydrogen-bond donors (Lipinski definition) is 1. The summed E-state index contributed by atoms with van der Waals surface area (Å²) in [6.45, 7) is 0.903. The maximum absolute atomic E-state index is 3.72. The van der Waals surface area contributed by atoms with Crippen molar-refractivity contribution in [2.24, 2.45) is 4.99 Å². The molecule has 0 radical (unpaired) electrons. The largest absolute Gasteiger partial charge is 1.00 e. The molecule has 0 unspecified atom stereocenters. The minimum Gasteiger partial charge on any atom is -0.358 e. The standard InChI is InChI=1S/C3H4N2.CH3.Rb/c1-2-5-3-4-1;;/h1,3H,2H2;1H3;/q;-1;+1/p+1. The van der Waals surface area contributed by atoms with E-state index < -0.39 is 0 Å². The van der Waals surface area contributed by atoms with E-state index in [1.165, 1.54) is 0 Å². The van der Waals surface area contributed by atoms with Crippen molar-refractivity contribution >= 4 is 12.6 Å². The van der Waals surface area contributed by atoms with Gasteiger partial charge in [-0.3, -0.25) is 4.99 Å². The average Bonchev–Trinajstić information content (AvgIpc) is 1.76. The Morgan fingerprint density at radius 3 is 2.43 bits per heavy atom. The van der Waals surface area contributed by atoms with Crippen LogP contribution in [0.15, 0.2) is 4.99 Å². The van der Waals surface area contributed by atoms with Gasteiger partial charge in [-0.1, -0.05) is 4.99 Å². The zero-order chi connectivity index (χ0) is 3.54. The van der Waals surface area contributed by atoms with Crippen molar-refractivity contribution in [3.05, 3.63) is 7.43 Å². The van der Waals surface area contributed by atoms with Gasteiger partial charge in [0, 0.05) is 0 Å². The second-order valence-corrected chi connectivity index (χ2v) is 0.869. The van der Waals surface area contributed by atoms with Gasteiger partial charge < -0.3 is 7.43 Å². The summed E-state index contributed by atoms with van der Waals surface area (Å²) in [7, 11) is 0. The molecule has 0 bridgehead atoms. The molecule has 1 heterocycles. The first-order chi connectivity index (χ1) is 2.50. The van der Waals surface area contributed by atoms with E-state index in [-0.39, 0.29) is 65.6 Å². The SMILES string of the molecule is C1=NC=[NH+]C1.[CH3-].[Rb+]. The van der Waals surface area contributed by atoms with Crippen LogP contribution in [0.1, 0.15) is 0 Å². The first kappa shape index (κ1) is 11.0. The van der Waals surface area contributed by atoms with E-state index in [9.17, 15) is 0 Å². The van der Waals surface area contributed by atoms with E-state index in [4.69, 9.17) is 0 Å². The summed E-state index contributed by atoms with van der Waals surface area (Å²) < 4.78 is 0. The third kappa shape index (κ3) is 5.01. The topological polar surface area (TPSA) is 26.3 Å². The van der Waals surface area contributed by atoms with Crippen LogP contribution in [-0.2, 0) is 0 Å². The van der Waals surface area contributed by atoms with Crippen LogP contribution in [0.3, 0.4) is 0 Å². The van der Waals surface area contributed by atoms with Gasteiger partial charge in [0.2, 0.25) is 0 Å². The van der Waals surface area contributed by atoms with E-state index in [1.54, 1.807) is 6.34 Å². The smallest absolute Gasteiger partial charge is 0.358 e. The molecule has 2 nitrogen and oxygen atoms in total. The van der Waals surface area contributed by atoms with Gasteiger partial charge in [-0.05, 0) is 0 Å². The fraction of sp³-hybridized carbons (Fsp3) is 0.250. The molecule has 0 fully saturated rings. The molecule has 34 valence electrons. The van der Waals surface area contributed by atoms with Crippen LogP contribution < -0.4 is 63.2 Å². The molecular weight excluding hydrogens is 162 g/mol. The van der Waals surface area contributed by atoms with Crippen molar-refractivity contribution in [1.82, 2.24) is 0 Å². The third-order valence-electron chi connectivity index (χ3n) is 0.480. The van der Waals surface area contributed by atoms with E-state index in [1.807, 2.05) is 6.21 Å². The molecule has 0 amide bonds. The maximum atomic E-state index is 3.72. The van der Waals surface area contributed by atoms with Gasteiger partial charge in [0.15, 0.2) is 6.21 Å². The molecule has 0 saturated heterocycles. The predicted octanol–water partition coefficient (Wildman–Crippen LogP) is -4.37. The molecule has 0 atom stereocenters. The Morgan fingerprint density at radius 2 is 2.29 bits per heavy atom. The number of aliphatic imine (C=N–C) groups is 1. The fourth-order valence-corrected chi connectivity index (χ4v) is 0.264. The van der Waals surface area contributed by atoms with Crippen LogP contribution in [0, 0.1) is 7.43 Å². The van der Waals surface area contributed by atoms with E-state index in [0.29, 0.717) is 0 Å². The first-order valence-corrected chi connectivity index (χ1v) is 1.57. The van der Waals surface area contributed by atoms with Crippen molar-refractivity contribution in [3.63, 3.8) is 0 Å². The molecule has 0 aromatic heterocycles. The molecule has 1 N–H and O–H groups in total. The Kier molecular flexibility index (Phi) is 11.2. The Labute approximate surface area is 92.9 Å². The van der Waals surface area contributed by atoms with Crippen molar-refractivity contribution in [3.8, 4) is 0 Å². The van der Waals surface area contributed by atoms with Gasteiger partial charge >= 0.3 is 58.2 Å². The second-order valence-electron chi connectivity index (χ2n) is 0.869. The average molecular weight is 170 g/mol. The van der Waals surface area contributed by atoms with Gasteiger partial charge in [0.25, 0.3) is 6.34 Å². The zero-order valence-electron chi connectivity index (χ0n) is 4.81. The van der Waals surface area contributed by atoms with Crippen LogP contribution in [-0.4, -0.2) is 19.1 Å². The molecule has 3 heteroatoms. The normalized spacial score (nSPS) is 12.6. The number of nitrogens with one attached hydrogen (secondary N) is 1. The first-order valence-electron chi connectivity index (χ1n) is 1.57. The quantitative estimate of drug-likeness (QED) is 0.355. The monoisotopic (exact) mass is 169 g/mol. The summed E-state index contributed by atoms with van der Waals surface area (Å²) in [6, 6.07) is 0. The van der Waals surface area contributed by atoms with Gasteiger partial charge in [0.1, 0.15) is 6.54 Å². The fourth-order valence-electron chi connectivity index (χ4n) is 0.264. The minimum atomic E-state index is 0. The van der Waals surface area contributed by atoms with E-state index >= 15 is 0 Å². The Bertz CT molecular complexity index is 67.8. The van der Waals surface area contributed by atoms with Gasteiger partial charge in [0.05, 0.1) is 0 Å². The summed E-state index contributed by atoms with van der Waals surface area (Å²) >= 11 is 0. The zero-order valence-corrected chi connectivity index (χ0v) is 9.73. The van der Waals surface area contributed by atoms with Crippen LogP contribution in [0.2, 0.25) is 0 Å². The maximum Gasteiger partial charge on any atom is 1.00 e. The molecule has 0 spiro atoms. The number of nitrogens with zero attached hydrogens (tertiary/aromatic N) is 1. The molecule has 1 rings (SSSR count). The molecule has 1 aliphatic rings. The van der Waals surface area contributed by atoms with Crippen molar-refractivity contribution in [1.29, 1.82) is 0 Å². The van der Waals surface area contributed by atoms with Crippen LogP contribution in [0.25, 0.3) is 0 Å². The van der Waals surface area contributed by atoms with E-state index in [2.05, 4.69) is 9.98 Å². The summed E-state index contributed by atoms with van der Waals surface area (Å²) in [6.07, 6.45) is 3.50. The molecule has 7 heavy (non-hydrogen) atoms. The molecule has 0 aliphatic carbocycles. The van der Waals surface area contributed by atoms with Crippen molar-refractivity contribution in [2.45, 2.75) is 0 Å². The summed E-state index contributed by atoms with van der Waals surface area (Å²) in [5.74, 6) is 0. The van der Waals surface area contributed by atoms with E-state index in [0.717, 1.165) is 6.54 Å². The molecule has 0 aromatic rings. The molecule has 1 aliphatic heterocycles. The molecule has 0 aromatic carbocycles. The van der Waals surface area contributed by atoms with Crippen LogP contribution in [0.4, 0.5) is 0 Å². The van der Waals surface area contributed by atoms with Crippen molar-refractivity contribution in [2.75, 3.05) is 6.54 Å². The van der Waals surface area contributed by atoms with Gasteiger partial charge in [-0.2, -0.15) is 0 Å². The Hall–Kier alpha value is 1.15. The molecule has 0 saturated carbocycles. The summed E-state index contributed by atoms with van der Waals surface area (Å²) in [5.41, 5.74) is 0. The van der Waals surface area contributed by atoms with Crippen LogP contribution >= 0.6 is 0 Å². The van der Waals surface area contributed by atoms with Gasteiger partial charge in [-0.25, -0.2) is 0 Å². The number of rotatable bonds is 0. The summed E-state index contributed by atoms with van der Waals surface area (Å²) in [5, 5.41) is 0. The van der Waals surface area contributed by atoms with Gasteiger partial charge in [-0.15, -0.1) is 0 Å². The summed E-state index contributed by atoms with van der Waals surface area (Å²) in [4.78, 5) is 6.60. The van der Waals surface area contributed by atoms with Crippen molar-refractivity contribution < 1.29 is 63.2 Å². The second kappa shape index (κ2) is 7.15. The minimum absolute atomic E-state index is 0. The Morgan fingerprint density at radius 1 is 1.57 bits per heavy atom. The Balaban J connectivity index is 0. The molecular formula is C4H8N2Rb+. The third-order valence-corrected chi connectivity index (χ3v) is 0.480.